The van der Waals surface area contributed by atoms with Crippen LogP contribution < -0.4 is 5.32 Å². The summed E-state index contributed by atoms with van der Waals surface area (Å²) in [6.07, 6.45) is 17.8. The smallest absolute Gasteiger partial charge is 0.0899 e. The first-order valence-corrected chi connectivity index (χ1v) is 11.1. The number of nitrogens with zero attached hydrogens (tertiary/aromatic N) is 1. The average molecular weight is 367 g/mol. The molecule has 0 aliphatic heterocycles. The van der Waals surface area contributed by atoms with Crippen molar-refractivity contribution < 1.29 is 4.74 Å². The van der Waals surface area contributed by atoms with Crippen LogP contribution in [0.5, 0.6) is 0 Å². The molecule has 146 valence electrons. The van der Waals surface area contributed by atoms with Crippen molar-refractivity contribution in [2.45, 2.75) is 76.0 Å². The minimum absolute atomic E-state index is 0.144. The Kier molecular flexibility index (Phi) is 4.64. The Hall–Kier alpha value is -1.19. The van der Waals surface area contributed by atoms with Crippen molar-refractivity contribution in [1.82, 2.24) is 10.3 Å². The highest BCUT2D eigenvalue weighted by Gasteiger charge is 2.50. The maximum Gasteiger partial charge on any atom is 0.0899 e. The quantitative estimate of drug-likeness (QED) is 0.729. The molecule has 4 fully saturated rings. The van der Waals surface area contributed by atoms with Crippen LogP contribution in [0.3, 0.4) is 0 Å². The van der Waals surface area contributed by atoms with E-state index < -0.39 is 0 Å². The molecule has 5 aliphatic rings. The standard InChI is InChI=1S/C24H34N2O/c1-23(27-17-22-4-2-3-9-25-22)7-5-18(6-8-23)16-26-24-13-19-10-20(14-24)12-21(11-19)15-24/h2-5,7,9,18-21,26H,6,8,10-17H2,1H3. The van der Waals surface area contributed by atoms with Crippen molar-refractivity contribution in [1.29, 1.82) is 0 Å². The van der Waals surface area contributed by atoms with E-state index in [1.165, 1.54) is 44.9 Å². The number of rotatable bonds is 6. The lowest BCUT2D eigenvalue weighted by atomic mass is 9.53. The van der Waals surface area contributed by atoms with Crippen molar-refractivity contribution in [2.24, 2.45) is 23.7 Å². The first-order chi connectivity index (χ1) is 13.1. The minimum Gasteiger partial charge on any atom is -0.365 e. The van der Waals surface area contributed by atoms with Crippen molar-refractivity contribution in [3.8, 4) is 0 Å². The molecule has 4 bridgehead atoms. The molecule has 27 heavy (non-hydrogen) atoms. The average Bonchev–Trinajstić information content (AvgIpc) is 2.66. The molecule has 1 N–H and O–H groups in total. The fourth-order valence-electron chi connectivity index (χ4n) is 6.68. The Morgan fingerprint density at radius 2 is 1.85 bits per heavy atom. The van der Waals surface area contributed by atoms with Crippen LogP contribution in [0.25, 0.3) is 0 Å². The zero-order valence-corrected chi connectivity index (χ0v) is 16.7. The number of hydrogen-bond donors (Lipinski definition) is 1. The first-order valence-electron chi connectivity index (χ1n) is 11.1. The van der Waals surface area contributed by atoms with E-state index >= 15 is 0 Å². The molecule has 1 aromatic rings. The lowest BCUT2D eigenvalue weighted by molar-refractivity contribution is -0.0276. The van der Waals surface area contributed by atoms with Crippen LogP contribution in [0.2, 0.25) is 0 Å². The maximum absolute atomic E-state index is 6.21. The van der Waals surface area contributed by atoms with Crippen molar-refractivity contribution in [3.05, 3.63) is 42.2 Å². The SMILES string of the molecule is CC1(OCc2ccccn2)C=CC(CNC23CC4CC(CC(C4)C2)C3)CC1. The van der Waals surface area contributed by atoms with E-state index in [0.29, 0.717) is 18.1 Å². The van der Waals surface area contributed by atoms with E-state index in [9.17, 15) is 0 Å². The molecule has 4 saturated carbocycles. The molecule has 1 aromatic heterocycles. The number of hydrogen-bond acceptors (Lipinski definition) is 3. The van der Waals surface area contributed by atoms with Crippen LogP contribution in [0.15, 0.2) is 36.5 Å². The van der Waals surface area contributed by atoms with Crippen molar-refractivity contribution in [3.63, 3.8) is 0 Å². The second-order valence-electron chi connectivity index (χ2n) is 10.2. The molecule has 3 nitrogen and oxygen atoms in total. The van der Waals surface area contributed by atoms with Gasteiger partial charge in [0.05, 0.1) is 17.9 Å². The van der Waals surface area contributed by atoms with E-state index in [0.717, 1.165) is 36.4 Å². The van der Waals surface area contributed by atoms with E-state index in [1.54, 1.807) is 0 Å². The van der Waals surface area contributed by atoms with Gasteiger partial charge in [-0.3, -0.25) is 4.98 Å². The summed E-state index contributed by atoms with van der Waals surface area (Å²) in [5.74, 6) is 3.72. The summed E-state index contributed by atoms with van der Waals surface area (Å²) in [4.78, 5) is 4.37. The third-order valence-corrected chi connectivity index (χ3v) is 7.79. The van der Waals surface area contributed by atoms with Crippen LogP contribution in [-0.4, -0.2) is 22.7 Å². The highest BCUT2D eigenvalue weighted by molar-refractivity contribution is 5.11. The summed E-state index contributed by atoms with van der Waals surface area (Å²) in [5.41, 5.74) is 1.35. The van der Waals surface area contributed by atoms with Gasteiger partial charge in [0.15, 0.2) is 0 Å². The second kappa shape index (κ2) is 7.00. The summed E-state index contributed by atoms with van der Waals surface area (Å²) in [7, 11) is 0. The summed E-state index contributed by atoms with van der Waals surface area (Å²) < 4.78 is 6.21. The van der Waals surface area contributed by atoms with Gasteiger partial charge in [-0.15, -0.1) is 0 Å². The molecule has 5 aliphatic carbocycles. The lowest BCUT2D eigenvalue weighted by Gasteiger charge is -2.57. The predicted molar refractivity (Wildman–Crippen MR) is 108 cm³/mol. The third-order valence-electron chi connectivity index (χ3n) is 7.79. The Bertz CT molecular complexity index is 650. The largest absolute Gasteiger partial charge is 0.365 e. The lowest BCUT2D eigenvalue weighted by Crippen LogP contribution is -2.59. The third kappa shape index (κ3) is 3.86. The molecule has 3 heteroatoms. The Morgan fingerprint density at radius 3 is 2.44 bits per heavy atom. The van der Waals surface area contributed by atoms with Gasteiger partial charge < -0.3 is 10.1 Å². The molecule has 0 aromatic carbocycles. The number of ether oxygens (including phenoxy) is 1. The topological polar surface area (TPSA) is 34.1 Å². The van der Waals surface area contributed by atoms with Crippen LogP contribution in [0, 0.1) is 23.7 Å². The molecule has 0 amide bonds. The molecule has 0 radical (unpaired) electrons. The van der Waals surface area contributed by atoms with Crippen molar-refractivity contribution >= 4 is 0 Å². The Labute approximate surface area is 164 Å². The first kappa shape index (κ1) is 17.9. The maximum atomic E-state index is 6.21. The molecule has 0 spiro atoms. The van der Waals surface area contributed by atoms with Gasteiger partial charge in [-0.1, -0.05) is 18.2 Å². The van der Waals surface area contributed by atoms with Gasteiger partial charge in [0.25, 0.3) is 0 Å². The Morgan fingerprint density at radius 1 is 1.11 bits per heavy atom. The molecule has 0 saturated heterocycles. The summed E-state index contributed by atoms with van der Waals surface area (Å²) in [6, 6.07) is 6.01. The molecule has 2 atom stereocenters. The van der Waals surface area contributed by atoms with Crippen LogP contribution >= 0.6 is 0 Å². The van der Waals surface area contributed by atoms with Gasteiger partial charge >= 0.3 is 0 Å². The van der Waals surface area contributed by atoms with Crippen LogP contribution in [-0.2, 0) is 11.3 Å². The summed E-state index contributed by atoms with van der Waals surface area (Å²) in [6.45, 7) is 3.96. The van der Waals surface area contributed by atoms with E-state index in [-0.39, 0.29) is 5.60 Å². The number of nitrogens with one attached hydrogen (secondary N) is 1. The number of aromatic nitrogens is 1. The number of pyridine rings is 1. The molecular weight excluding hydrogens is 332 g/mol. The zero-order valence-electron chi connectivity index (χ0n) is 16.7. The monoisotopic (exact) mass is 366 g/mol. The fraction of sp³-hybridized carbons (Fsp3) is 0.708. The van der Waals surface area contributed by atoms with Gasteiger partial charge in [0.1, 0.15) is 0 Å². The molecule has 1 heterocycles. The van der Waals surface area contributed by atoms with E-state index in [1.807, 2.05) is 24.4 Å². The molecule has 6 rings (SSSR count). The normalized spacial score (nSPS) is 42.6. The second-order valence-corrected chi connectivity index (χ2v) is 10.2. The van der Waals surface area contributed by atoms with Gasteiger partial charge in [0, 0.05) is 18.3 Å². The van der Waals surface area contributed by atoms with Crippen LogP contribution in [0.1, 0.15) is 64.0 Å². The van der Waals surface area contributed by atoms with Crippen LogP contribution in [0.4, 0.5) is 0 Å². The van der Waals surface area contributed by atoms with Gasteiger partial charge in [-0.05, 0) is 94.1 Å². The summed E-state index contributed by atoms with van der Waals surface area (Å²) >= 11 is 0. The molecule has 2 unspecified atom stereocenters. The molecular formula is C24H34N2O. The van der Waals surface area contributed by atoms with Gasteiger partial charge in [0.2, 0.25) is 0 Å². The van der Waals surface area contributed by atoms with Gasteiger partial charge in [-0.2, -0.15) is 0 Å². The minimum atomic E-state index is -0.144. The highest BCUT2D eigenvalue weighted by Crippen LogP contribution is 2.55. The summed E-state index contributed by atoms with van der Waals surface area (Å²) in [5, 5.41) is 4.08. The predicted octanol–water partition coefficient (Wildman–Crippen LogP) is 4.88. The highest BCUT2D eigenvalue weighted by atomic mass is 16.5. The van der Waals surface area contributed by atoms with E-state index in [2.05, 4.69) is 29.4 Å². The Balaban J connectivity index is 1.14. The zero-order chi connectivity index (χ0) is 18.3. The van der Waals surface area contributed by atoms with Crippen molar-refractivity contribution in [2.75, 3.05) is 6.54 Å². The van der Waals surface area contributed by atoms with E-state index in [4.69, 9.17) is 4.74 Å². The van der Waals surface area contributed by atoms with Gasteiger partial charge in [-0.25, -0.2) is 0 Å². The fourth-order valence-corrected chi connectivity index (χ4v) is 6.68.